The summed E-state index contributed by atoms with van der Waals surface area (Å²) in [4.78, 5) is 0. The third-order valence-corrected chi connectivity index (χ3v) is 5.86. The van der Waals surface area contributed by atoms with Crippen molar-refractivity contribution in [1.29, 1.82) is 0 Å². The minimum absolute atomic E-state index is 0.118. The highest BCUT2D eigenvalue weighted by molar-refractivity contribution is 7.70. The Balaban J connectivity index is 2.04. The van der Waals surface area contributed by atoms with Crippen molar-refractivity contribution < 1.29 is 9.67 Å². The summed E-state index contributed by atoms with van der Waals surface area (Å²) in [6.45, 7) is 2.72. The minimum Gasteiger partial charge on any atom is -0.391 e. The van der Waals surface area contributed by atoms with E-state index in [0.29, 0.717) is 6.16 Å². The highest BCUT2D eigenvalue weighted by Gasteiger charge is 2.29. The Labute approximate surface area is 103 Å². The number of hydrogen-bond acceptors (Lipinski definition) is 3. The Morgan fingerprint density at radius 3 is 2.76 bits per heavy atom. The van der Waals surface area contributed by atoms with Crippen LogP contribution in [0.1, 0.15) is 12.8 Å². The van der Waals surface area contributed by atoms with E-state index in [1.165, 1.54) is 0 Å². The lowest BCUT2D eigenvalue weighted by molar-refractivity contribution is 0.157. The van der Waals surface area contributed by atoms with Crippen LogP contribution >= 0.6 is 7.14 Å². The normalized spacial score (nSPS) is 25.4. The first kappa shape index (κ1) is 12.8. The van der Waals surface area contributed by atoms with Crippen LogP contribution in [0.3, 0.4) is 0 Å². The van der Waals surface area contributed by atoms with Gasteiger partial charge in [-0.05, 0) is 26.1 Å². The molecule has 1 heterocycles. The summed E-state index contributed by atoms with van der Waals surface area (Å²) < 4.78 is 12.6. The van der Waals surface area contributed by atoms with Gasteiger partial charge in [-0.2, -0.15) is 0 Å². The van der Waals surface area contributed by atoms with Gasteiger partial charge in [0.1, 0.15) is 7.14 Å². The molecule has 1 saturated heterocycles. The van der Waals surface area contributed by atoms with Crippen LogP contribution in [-0.2, 0) is 4.57 Å². The summed E-state index contributed by atoms with van der Waals surface area (Å²) in [5.74, 6) is 0. The maximum Gasteiger partial charge on any atom is 0.115 e. The second-order valence-electron chi connectivity index (χ2n) is 4.89. The van der Waals surface area contributed by atoms with Crippen LogP contribution in [-0.4, -0.2) is 36.6 Å². The molecule has 0 aliphatic carbocycles. The highest BCUT2D eigenvalue weighted by Crippen LogP contribution is 2.41. The number of rotatable bonds is 4. The lowest BCUT2D eigenvalue weighted by atomic mass is 10.1. The van der Waals surface area contributed by atoms with Gasteiger partial charge in [-0.1, -0.05) is 30.3 Å². The Morgan fingerprint density at radius 1 is 1.47 bits per heavy atom. The van der Waals surface area contributed by atoms with E-state index in [2.05, 4.69) is 5.32 Å². The summed E-state index contributed by atoms with van der Waals surface area (Å²) in [6, 6.07) is 9.59. The number of nitrogens with one attached hydrogen (secondary N) is 1. The molecule has 1 fully saturated rings. The van der Waals surface area contributed by atoms with Gasteiger partial charge >= 0.3 is 0 Å². The summed E-state index contributed by atoms with van der Waals surface area (Å²) in [5.41, 5.74) is 0. The number of aliphatic hydroxyl groups is 1. The summed E-state index contributed by atoms with van der Waals surface area (Å²) >= 11 is 0. The lowest BCUT2D eigenvalue weighted by Crippen LogP contribution is -2.37. The zero-order valence-electron chi connectivity index (χ0n) is 10.2. The van der Waals surface area contributed by atoms with Gasteiger partial charge in [0.15, 0.2) is 0 Å². The third-order valence-electron chi connectivity index (χ3n) is 3.40. The first-order valence-corrected chi connectivity index (χ1v) is 8.47. The van der Waals surface area contributed by atoms with Gasteiger partial charge in [0.05, 0.1) is 6.10 Å². The molecule has 2 rings (SSSR count). The van der Waals surface area contributed by atoms with E-state index in [-0.39, 0.29) is 6.04 Å². The number of benzene rings is 1. The molecule has 0 saturated carbocycles. The first-order chi connectivity index (χ1) is 8.09. The maximum absolute atomic E-state index is 12.6. The lowest BCUT2D eigenvalue weighted by Gasteiger charge is -2.22. The van der Waals surface area contributed by atoms with Crippen LogP contribution in [0.15, 0.2) is 30.3 Å². The zero-order chi connectivity index (χ0) is 12.3. The number of aliphatic hydroxyl groups excluding tert-OH is 1. The topological polar surface area (TPSA) is 49.3 Å². The second kappa shape index (κ2) is 5.34. The largest absolute Gasteiger partial charge is 0.391 e. The molecule has 0 amide bonds. The molecular formula is C13H20NO2P. The maximum atomic E-state index is 12.6. The fourth-order valence-electron chi connectivity index (χ4n) is 2.37. The van der Waals surface area contributed by atoms with E-state index >= 15 is 0 Å². The van der Waals surface area contributed by atoms with Crippen molar-refractivity contribution in [2.24, 2.45) is 0 Å². The van der Waals surface area contributed by atoms with Crippen molar-refractivity contribution in [2.45, 2.75) is 25.0 Å². The van der Waals surface area contributed by atoms with Crippen molar-refractivity contribution in [3.63, 3.8) is 0 Å². The average molecular weight is 253 g/mol. The van der Waals surface area contributed by atoms with Gasteiger partial charge in [-0.3, -0.25) is 0 Å². The second-order valence-corrected chi connectivity index (χ2v) is 7.97. The van der Waals surface area contributed by atoms with E-state index in [9.17, 15) is 9.67 Å². The Morgan fingerprint density at radius 2 is 2.18 bits per heavy atom. The van der Waals surface area contributed by atoms with Gasteiger partial charge in [-0.25, -0.2) is 0 Å². The zero-order valence-corrected chi connectivity index (χ0v) is 11.1. The van der Waals surface area contributed by atoms with Crippen LogP contribution in [0.5, 0.6) is 0 Å². The fourth-order valence-corrected chi connectivity index (χ4v) is 4.35. The molecule has 1 aromatic carbocycles. The molecule has 3 atom stereocenters. The number of hydrogen-bond donors (Lipinski definition) is 2. The van der Waals surface area contributed by atoms with Crippen molar-refractivity contribution in [1.82, 2.24) is 5.32 Å². The van der Waals surface area contributed by atoms with E-state index in [1.807, 2.05) is 30.3 Å². The molecule has 0 spiro atoms. The van der Waals surface area contributed by atoms with Crippen molar-refractivity contribution >= 4 is 12.4 Å². The molecule has 0 bridgehead atoms. The molecule has 0 radical (unpaired) electrons. The molecule has 4 heteroatoms. The average Bonchev–Trinajstić information content (AvgIpc) is 2.83. The molecule has 0 aromatic heterocycles. The van der Waals surface area contributed by atoms with Gasteiger partial charge in [0.25, 0.3) is 0 Å². The summed E-state index contributed by atoms with van der Waals surface area (Å²) in [6.07, 6.45) is 1.94. The standard InChI is InChI=1S/C13H20NO2P/c1-17(16,11-6-3-2-4-7-11)10-13(15)12-8-5-9-14-12/h2-4,6-7,12-15H,5,8-10H2,1H3. The van der Waals surface area contributed by atoms with Gasteiger partial charge in [0.2, 0.25) is 0 Å². The van der Waals surface area contributed by atoms with Crippen LogP contribution in [0.2, 0.25) is 0 Å². The molecule has 2 N–H and O–H groups in total. The van der Waals surface area contributed by atoms with E-state index in [1.54, 1.807) is 6.66 Å². The van der Waals surface area contributed by atoms with Crippen molar-refractivity contribution in [3.05, 3.63) is 30.3 Å². The van der Waals surface area contributed by atoms with E-state index < -0.39 is 13.2 Å². The quantitative estimate of drug-likeness (QED) is 0.798. The van der Waals surface area contributed by atoms with Gasteiger partial charge in [-0.15, -0.1) is 0 Å². The van der Waals surface area contributed by atoms with Gasteiger partial charge < -0.3 is 15.0 Å². The molecule has 3 nitrogen and oxygen atoms in total. The summed E-state index contributed by atoms with van der Waals surface area (Å²) in [5, 5.41) is 14.2. The third kappa shape index (κ3) is 3.19. The summed E-state index contributed by atoms with van der Waals surface area (Å²) in [7, 11) is -2.44. The molecule has 17 heavy (non-hydrogen) atoms. The van der Waals surface area contributed by atoms with Crippen LogP contribution in [0.4, 0.5) is 0 Å². The molecular weight excluding hydrogens is 233 g/mol. The smallest absolute Gasteiger partial charge is 0.115 e. The van der Waals surface area contributed by atoms with E-state index in [0.717, 1.165) is 24.7 Å². The molecule has 1 aromatic rings. The first-order valence-electron chi connectivity index (χ1n) is 6.13. The van der Waals surface area contributed by atoms with E-state index in [4.69, 9.17) is 0 Å². The predicted octanol–water partition coefficient (Wildman–Crippen LogP) is 1.42. The van der Waals surface area contributed by atoms with Crippen LogP contribution < -0.4 is 10.6 Å². The molecule has 1 aliphatic heterocycles. The fraction of sp³-hybridized carbons (Fsp3) is 0.538. The Hall–Kier alpha value is -0.630. The van der Waals surface area contributed by atoms with Crippen LogP contribution in [0.25, 0.3) is 0 Å². The molecule has 1 aliphatic rings. The van der Waals surface area contributed by atoms with Crippen molar-refractivity contribution in [2.75, 3.05) is 19.4 Å². The predicted molar refractivity (Wildman–Crippen MR) is 71.5 cm³/mol. The van der Waals surface area contributed by atoms with Crippen LogP contribution in [0, 0.1) is 0 Å². The Kier molecular flexibility index (Phi) is 4.03. The molecule has 3 unspecified atom stereocenters. The minimum atomic E-state index is -2.44. The molecule has 94 valence electrons. The SMILES string of the molecule is CP(=O)(CC(O)C1CCCN1)c1ccccc1. The monoisotopic (exact) mass is 253 g/mol. The Bertz CT molecular complexity index is 401. The van der Waals surface area contributed by atoms with Crippen molar-refractivity contribution in [3.8, 4) is 0 Å². The highest BCUT2D eigenvalue weighted by atomic mass is 31.2. The van der Waals surface area contributed by atoms with Gasteiger partial charge in [0, 0.05) is 17.5 Å².